The third-order valence-electron chi connectivity index (χ3n) is 1.94. The molecule has 0 saturated carbocycles. The van der Waals surface area contributed by atoms with E-state index < -0.39 is 0 Å². The van der Waals surface area contributed by atoms with Gasteiger partial charge in [0.15, 0.2) is 6.20 Å². The molecule has 13 heavy (non-hydrogen) atoms. The lowest BCUT2D eigenvalue weighted by atomic mass is 10.3. The second-order valence-electron chi connectivity index (χ2n) is 2.88. The van der Waals surface area contributed by atoms with Gasteiger partial charge in [-0.25, -0.2) is 0 Å². The van der Waals surface area contributed by atoms with Crippen molar-refractivity contribution >= 4 is 6.08 Å². The van der Waals surface area contributed by atoms with Crippen LogP contribution in [0.25, 0.3) is 6.08 Å². The number of hydrogen-bond acceptors (Lipinski definition) is 0. The van der Waals surface area contributed by atoms with Crippen molar-refractivity contribution in [3.05, 3.63) is 36.7 Å². The van der Waals surface area contributed by atoms with Gasteiger partial charge in [0.1, 0.15) is 6.54 Å². The fourth-order valence-electron chi connectivity index (χ4n) is 1.21. The largest absolute Gasteiger partial charge is 1.00 e. The van der Waals surface area contributed by atoms with Crippen LogP contribution in [0, 0.1) is 0 Å². The highest BCUT2D eigenvalue weighted by atomic mass is 127. The summed E-state index contributed by atoms with van der Waals surface area (Å²) >= 11 is 0. The van der Waals surface area contributed by atoms with Crippen molar-refractivity contribution < 1.29 is 28.5 Å². The third-order valence-corrected chi connectivity index (χ3v) is 1.94. The predicted octanol–water partition coefficient (Wildman–Crippen LogP) is -0.579. The van der Waals surface area contributed by atoms with Gasteiger partial charge in [0, 0.05) is 24.6 Å². The van der Waals surface area contributed by atoms with Crippen LogP contribution in [0.2, 0.25) is 0 Å². The summed E-state index contributed by atoms with van der Waals surface area (Å²) in [5, 5.41) is 0. The Kier molecular flexibility index (Phi) is 6.86. The highest BCUT2D eigenvalue weighted by molar-refractivity contribution is 5.36. The van der Waals surface area contributed by atoms with E-state index >= 15 is 0 Å². The maximum Gasteiger partial charge on any atom is 0.204 e. The minimum absolute atomic E-state index is 0. The van der Waals surface area contributed by atoms with E-state index in [1.165, 1.54) is 18.5 Å². The fraction of sp³-hybridized carbons (Fsp3) is 0.364. The number of unbranched alkanes of at least 4 members (excludes halogenated alkanes) is 1. The highest BCUT2D eigenvalue weighted by Crippen LogP contribution is 1.94. The molecule has 0 aliphatic heterocycles. The minimum atomic E-state index is 0. The summed E-state index contributed by atoms with van der Waals surface area (Å²) in [6, 6.07) is 6.19. The van der Waals surface area contributed by atoms with Gasteiger partial charge in [-0.05, 0) is 6.07 Å². The zero-order valence-electron chi connectivity index (χ0n) is 8.04. The third kappa shape index (κ3) is 3.89. The van der Waals surface area contributed by atoms with Crippen molar-refractivity contribution in [3.63, 3.8) is 0 Å². The SMILES string of the molecule is C=Cc1cccc[n+]1CCCC.[I-]. The van der Waals surface area contributed by atoms with E-state index in [2.05, 4.69) is 36.4 Å². The van der Waals surface area contributed by atoms with Gasteiger partial charge in [-0.1, -0.05) is 19.9 Å². The Balaban J connectivity index is 0.00000144. The Labute approximate surface area is 97.5 Å². The lowest BCUT2D eigenvalue weighted by Crippen LogP contribution is -3.00. The van der Waals surface area contributed by atoms with Gasteiger partial charge in [0.05, 0.1) is 0 Å². The van der Waals surface area contributed by atoms with Crippen LogP contribution in [-0.4, -0.2) is 0 Å². The molecule has 0 N–H and O–H groups in total. The molecule has 0 amide bonds. The van der Waals surface area contributed by atoms with Crippen LogP contribution in [-0.2, 0) is 6.54 Å². The fourth-order valence-corrected chi connectivity index (χ4v) is 1.21. The Morgan fingerprint density at radius 1 is 1.46 bits per heavy atom. The molecule has 1 heterocycles. The number of aromatic nitrogens is 1. The quantitative estimate of drug-likeness (QED) is 0.516. The first-order chi connectivity index (χ1) is 5.88. The van der Waals surface area contributed by atoms with Gasteiger partial charge in [-0.2, -0.15) is 4.57 Å². The van der Waals surface area contributed by atoms with E-state index in [0.717, 1.165) is 6.54 Å². The second kappa shape index (κ2) is 7.06. The first-order valence-electron chi connectivity index (χ1n) is 4.49. The first kappa shape index (κ1) is 12.6. The van der Waals surface area contributed by atoms with Gasteiger partial charge in [0.2, 0.25) is 5.69 Å². The molecule has 0 saturated heterocycles. The van der Waals surface area contributed by atoms with Crippen LogP contribution in [0.15, 0.2) is 31.0 Å². The number of rotatable bonds is 4. The maximum atomic E-state index is 3.78. The maximum absolute atomic E-state index is 3.78. The van der Waals surface area contributed by atoms with Crippen LogP contribution in [0.1, 0.15) is 25.5 Å². The molecule has 1 rings (SSSR count). The monoisotopic (exact) mass is 289 g/mol. The predicted molar refractivity (Wildman–Crippen MR) is 51.6 cm³/mol. The minimum Gasteiger partial charge on any atom is -1.00 e. The average molecular weight is 289 g/mol. The number of halogens is 1. The van der Waals surface area contributed by atoms with Crippen molar-refractivity contribution in [2.75, 3.05) is 0 Å². The van der Waals surface area contributed by atoms with Crippen LogP contribution in [0.3, 0.4) is 0 Å². The van der Waals surface area contributed by atoms with Crippen LogP contribution >= 0.6 is 0 Å². The van der Waals surface area contributed by atoms with Crippen molar-refractivity contribution in [1.82, 2.24) is 0 Å². The zero-order chi connectivity index (χ0) is 8.81. The van der Waals surface area contributed by atoms with Crippen LogP contribution in [0.4, 0.5) is 0 Å². The molecule has 1 nitrogen and oxygen atoms in total. The molecule has 2 heteroatoms. The summed E-state index contributed by atoms with van der Waals surface area (Å²) < 4.78 is 2.23. The number of hydrogen-bond donors (Lipinski definition) is 0. The molecular formula is C11H16IN. The Hall–Kier alpha value is -0.380. The van der Waals surface area contributed by atoms with E-state index in [1.54, 1.807) is 0 Å². The standard InChI is InChI=1S/C11H16N.HI/c1-3-5-9-12-10-7-6-8-11(12)4-2;/h4,6-8,10H,2-3,5,9H2,1H3;1H/q+1;/p-1. The van der Waals surface area contributed by atoms with Crippen LogP contribution in [0.5, 0.6) is 0 Å². The van der Waals surface area contributed by atoms with Crippen molar-refractivity contribution in [2.45, 2.75) is 26.3 Å². The van der Waals surface area contributed by atoms with Gasteiger partial charge >= 0.3 is 0 Å². The average Bonchev–Trinajstić information content (AvgIpc) is 2.15. The summed E-state index contributed by atoms with van der Waals surface area (Å²) in [6.45, 7) is 7.08. The lowest BCUT2D eigenvalue weighted by Gasteiger charge is -1.97. The number of nitrogens with zero attached hydrogens (tertiary/aromatic N) is 1. The summed E-state index contributed by atoms with van der Waals surface area (Å²) in [6.07, 6.45) is 6.47. The first-order valence-corrected chi connectivity index (χ1v) is 4.49. The molecule has 0 aromatic carbocycles. The Bertz CT molecular complexity index is 258. The molecule has 0 atom stereocenters. The molecule has 1 aromatic heterocycles. The highest BCUT2D eigenvalue weighted by Gasteiger charge is 2.03. The normalized spacial score (nSPS) is 9.00. The molecule has 0 bridgehead atoms. The smallest absolute Gasteiger partial charge is 0.204 e. The summed E-state index contributed by atoms with van der Waals surface area (Å²) in [5.41, 5.74) is 1.20. The van der Waals surface area contributed by atoms with Crippen molar-refractivity contribution in [1.29, 1.82) is 0 Å². The van der Waals surface area contributed by atoms with Crippen molar-refractivity contribution in [2.24, 2.45) is 0 Å². The zero-order valence-corrected chi connectivity index (χ0v) is 10.2. The summed E-state index contributed by atoms with van der Waals surface area (Å²) in [4.78, 5) is 0. The molecule has 0 aliphatic rings. The molecule has 0 aliphatic carbocycles. The van der Waals surface area contributed by atoms with E-state index in [9.17, 15) is 0 Å². The van der Waals surface area contributed by atoms with E-state index in [0.29, 0.717) is 0 Å². The summed E-state index contributed by atoms with van der Waals surface area (Å²) in [7, 11) is 0. The van der Waals surface area contributed by atoms with Crippen molar-refractivity contribution in [3.8, 4) is 0 Å². The topological polar surface area (TPSA) is 3.88 Å². The van der Waals surface area contributed by atoms with Gasteiger partial charge in [-0.15, -0.1) is 0 Å². The Morgan fingerprint density at radius 3 is 2.85 bits per heavy atom. The van der Waals surface area contributed by atoms with E-state index in [4.69, 9.17) is 0 Å². The van der Waals surface area contributed by atoms with Gasteiger partial charge in [0.25, 0.3) is 0 Å². The lowest BCUT2D eigenvalue weighted by molar-refractivity contribution is -0.699. The molecule has 0 unspecified atom stereocenters. The van der Waals surface area contributed by atoms with E-state index in [1.807, 2.05) is 12.1 Å². The molecular weight excluding hydrogens is 273 g/mol. The van der Waals surface area contributed by atoms with E-state index in [-0.39, 0.29) is 24.0 Å². The molecule has 72 valence electrons. The van der Waals surface area contributed by atoms with Gasteiger partial charge < -0.3 is 24.0 Å². The second-order valence-corrected chi connectivity index (χ2v) is 2.88. The summed E-state index contributed by atoms with van der Waals surface area (Å²) in [5.74, 6) is 0. The Morgan fingerprint density at radius 2 is 2.23 bits per heavy atom. The number of aryl methyl sites for hydroxylation is 1. The number of pyridine rings is 1. The van der Waals surface area contributed by atoms with Gasteiger partial charge in [-0.3, -0.25) is 0 Å². The molecule has 0 fully saturated rings. The van der Waals surface area contributed by atoms with Crippen LogP contribution < -0.4 is 28.5 Å². The molecule has 0 radical (unpaired) electrons. The molecule has 1 aromatic rings. The molecule has 0 spiro atoms.